The zero-order valence-electron chi connectivity index (χ0n) is 20.7. The highest BCUT2D eigenvalue weighted by atomic mass is 19.1. The molecule has 5 rings (SSSR count). The van der Waals surface area contributed by atoms with Gasteiger partial charge in [0.25, 0.3) is 11.8 Å². The Hall–Kier alpha value is -5.13. The van der Waals surface area contributed by atoms with Crippen LogP contribution < -0.4 is 15.4 Å². The molecular formula is C27H22FN5O6. The average Bonchev–Trinajstić information content (AvgIpc) is 3.34. The van der Waals surface area contributed by atoms with Crippen LogP contribution in [0, 0.1) is 5.82 Å². The molecule has 11 nitrogen and oxygen atoms in total. The molecule has 198 valence electrons. The van der Waals surface area contributed by atoms with Crippen LogP contribution in [0.2, 0.25) is 0 Å². The molecule has 0 spiro atoms. The van der Waals surface area contributed by atoms with Gasteiger partial charge in [-0.05, 0) is 35.4 Å². The Morgan fingerprint density at radius 3 is 2.51 bits per heavy atom. The Kier molecular flexibility index (Phi) is 7.00. The molecule has 0 unspecified atom stereocenters. The van der Waals surface area contributed by atoms with Gasteiger partial charge in [0.05, 0.1) is 18.9 Å². The standard InChI is InChI=1S/C27H22FN5O6/c1-38-27(37)17-5-2-15(3-6-17)11-30-26(36)22-10-21(32-24-20(28)13-31-33(22)24)25(35)29-12-16-4-7-23-18(8-16)9-19(34)14-39-23/h2-8,10,13H,9,11-12,14H2,1H3,(H,29,35)(H,30,36). The Labute approximate surface area is 220 Å². The summed E-state index contributed by atoms with van der Waals surface area (Å²) in [5, 5.41) is 9.27. The van der Waals surface area contributed by atoms with E-state index < -0.39 is 23.6 Å². The maximum atomic E-state index is 14.4. The number of aromatic nitrogens is 3. The van der Waals surface area contributed by atoms with Crippen molar-refractivity contribution in [3.05, 3.63) is 94.2 Å². The number of hydrogen-bond donors (Lipinski definition) is 2. The lowest BCUT2D eigenvalue weighted by Gasteiger charge is -2.17. The van der Waals surface area contributed by atoms with Gasteiger partial charge >= 0.3 is 5.97 Å². The van der Waals surface area contributed by atoms with Crippen molar-refractivity contribution in [2.24, 2.45) is 0 Å². The topological polar surface area (TPSA) is 141 Å². The third-order valence-electron chi connectivity index (χ3n) is 6.08. The van der Waals surface area contributed by atoms with Crippen molar-refractivity contribution in [1.29, 1.82) is 0 Å². The molecule has 1 aliphatic rings. The number of nitrogens with zero attached hydrogens (tertiary/aromatic N) is 3. The third-order valence-corrected chi connectivity index (χ3v) is 6.08. The molecule has 2 aromatic heterocycles. The number of ether oxygens (including phenoxy) is 2. The summed E-state index contributed by atoms with van der Waals surface area (Å²) in [5.74, 6) is -1.92. The maximum Gasteiger partial charge on any atom is 0.337 e. The van der Waals surface area contributed by atoms with E-state index in [2.05, 4.69) is 25.5 Å². The second-order valence-electron chi connectivity index (χ2n) is 8.75. The van der Waals surface area contributed by atoms with E-state index in [1.54, 1.807) is 42.5 Å². The summed E-state index contributed by atoms with van der Waals surface area (Å²) in [6.07, 6.45) is 1.16. The van der Waals surface area contributed by atoms with Crippen LogP contribution in [0.15, 0.2) is 54.7 Å². The summed E-state index contributed by atoms with van der Waals surface area (Å²) in [6, 6.07) is 12.9. The van der Waals surface area contributed by atoms with Gasteiger partial charge in [0.2, 0.25) is 0 Å². The fourth-order valence-corrected chi connectivity index (χ4v) is 4.08. The van der Waals surface area contributed by atoms with Crippen LogP contribution in [0.25, 0.3) is 5.65 Å². The lowest BCUT2D eigenvalue weighted by Crippen LogP contribution is -2.28. The van der Waals surface area contributed by atoms with Crippen molar-refractivity contribution >= 4 is 29.2 Å². The minimum Gasteiger partial charge on any atom is -0.486 e. The molecule has 12 heteroatoms. The van der Waals surface area contributed by atoms with Crippen LogP contribution in [0.5, 0.6) is 5.75 Å². The van der Waals surface area contributed by atoms with Crippen molar-refractivity contribution in [3.8, 4) is 5.75 Å². The summed E-state index contributed by atoms with van der Waals surface area (Å²) in [6.45, 7) is 0.248. The van der Waals surface area contributed by atoms with Crippen molar-refractivity contribution < 1.29 is 33.0 Å². The lowest BCUT2D eigenvalue weighted by molar-refractivity contribution is -0.121. The van der Waals surface area contributed by atoms with Crippen molar-refractivity contribution in [2.75, 3.05) is 13.7 Å². The molecule has 0 radical (unpaired) electrons. The predicted octanol–water partition coefficient (Wildman–Crippen LogP) is 2.02. The third kappa shape index (κ3) is 5.44. The summed E-state index contributed by atoms with van der Waals surface area (Å²) in [7, 11) is 1.28. The molecular weight excluding hydrogens is 509 g/mol. The van der Waals surface area contributed by atoms with Gasteiger partial charge in [0.15, 0.2) is 17.2 Å². The van der Waals surface area contributed by atoms with Crippen molar-refractivity contribution in [2.45, 2.75) is 19.5 Å². The van der Waals surface area contributed by atoms with E-state index in [1.807, 2.05) is 0 Å². The summed E-state index contributed by atoms with van der Waals surface area (Å²) in [4.78, 5) is 53.3. The number of rotatable bonds is 7. The smallest absolute Gasteiger partial charge is 0.337 e. The summed E-state index contributed by atoms with van der Waals surface area (Å²) < 4.78 is 25.4. The van der Waals surface area contributed by atoms with Crippen LogP contribution in [-0.2, 0) is 29.0 Å². The highest BCUT2D eigenvalue weighted by Crippen LogP contribution is 2.24. The largest absolute Gasteiger partial charge is 0.486 e. The zero-order chi connectivity index (χ0) is 27.5. The Bertz CT molecular complexity index is 1620. The quantitative estimate of drug-likeness (QED) is 0.345. The molecule has 0 saturated carbocycles. The molecule has 1 aliphatic heterocycles. The van der Waals surface area contributed by atoms with Gasteiger partial charge in [-0.3, -0.25) is 14.4 Å². The zero-order valence-corrected chi connectivity index (χ0v) is 20.7. The molecule has 2 amide bonds. The Morgan fingerprint density at radius 2 is 1.74 bits per heavy atom. The second kappa shape index (κ2) is 10.7. The van der Waals surface area contributed by atoms with E-state index in [4.69, 9.17) is 4.74 Å². The highest BCUT2D eigenvalue weighted by molar-refractivity contribution is 5.98. The van der Waals surface area contributed by atoms with Crippen LogP contribution in [0.1, 0.15) is 48.0 Å². The van der Waals surface area contributed by atoms with E-state index in [9.17, 15) is 23.6 Å². The molecule has 4 aromatic rings. The number of fused-ring (bicyclic) bond motifs is 2. The van der Waals surface area contributed by atoms with Gasteiger partial charge in [-0.25, -0.2) is 18.7 Å². The van der Waals surface area contributed by atoms with Gasteiger partial charge in [-0.2, -0.15) is 5.10 Å². The van der Waals surface area contributed by atoms with Crippen molar-refractivity contribution in [3.63, 3.8) is 0 Å². The number of carbonyl (C=O) groups is 4. The minimum atomic E-state index is -0.795. The second-order valence-corrected chi connectivity index (χ2v) is 8.75. The number of nitrogens with one attached hydrogen (secondary N) is 2. The first-order chi connectivity index (χ1) is 18.8. The van der Waals surface area contributed by atoms with Gasteiger partial charge in [0, 0.05) is 31.1 Å². The number of carbonyl (C=O) groups excluding carboxylic acids is 4. The number of benzene rings is 2. The number of Topliss-reactive ketones (excluding diaryl/α,β-unsaturated/α-hetero) is 1. The molecule has 0 saturated heterocycles. The molecule has 0 atom stereocenters. The molecule has 3 heterocycles. The van der Waals surface area contributed by atoms with E-state index >= 15 is 0 Å². The van der Waals surface area contributed by atoms with Crippen LogP contribution in [-0.4, -0.2) is 51.9 Å². The Balaban J connectivity index is 1.31. The van der Waals surface area contributed by atoms with E-state index in [0.717, 1.165) is 21.8 Å². The average molecular weight is 532 g/mol. The number of esters is 1. The number of methoxy groups -OCH3 is 1. The molecule has 0 aliphatic carbocycles. The number of amides is 2. The fraction of sp³-hybridized carbons (Fsp3) is 0.185. The summed E-state index contributed by atoms with van der Waals surface area (Å²) in [5.41, 5.74) is 1.98. The highest BCUT2D eigenvalue weighted by Gasteiger charge is 2.21. The van der Waals surface area contributed by atoms with Crippen LogP contribution >= 0.6 is 0 Å². The van der Waals surface area contributed by atoms with E-state index in [-0.39, 0.29) is 48.9 Å². The molecule has 0 fully saturated rings. The first-order valence-electron chi connectivity index (χ1n) is 11.9. The van der Waals surface area contributed by atoms with E-state index in [0.29, 0.717) is 16.9 Å². The monoisotopic (exact) mass is 531 g/mol. The summed E-state index contributed by atoms with van der Waals surface area (Å²) >= 11 is 0. The Morgan fingerprint density at radius 1 is 1.03 bits per heavy atom. The van der Waals surface area contributed by atoms with Crippen molar-refractivity contribution in [1.82, 2.24) is 25.2 Å². The molecule has 0 bridgehead atoms. The van der Waals surface area contributed by atoms with Crippen LogP contribution in [0.4, 0.5) is 4.39 Å². The first kappa shape index (κ1) is 25.5. The first-order valence-corrected chi connectivity index (χ1v) is 11.9. The number of hydrogen-bond acceptors (Lipinski definition) is 8. The number of ketones is 1. The van der Waals surface area contributed by atoms with Gasteiger partial charge in [-0.15, -0.1) is 0 Å². The van der Waals surface area contributed by atoms with E-state index in [1.165, 1.54) is 13.2 Å². The predicted molar refractivity (Wildman–Crippen MR) is 134 cm³/mol. The van der Waals surface area contributed by atoms with Gasteiger partial charge in [-0.1, -0.05) is 18.2 Å². The van der Waals surface area contributed by atoms with Gasteiger partial charge < -0.3 is 20.1 Å². The number of halogens is 1. The minimum absolute atomic E-state index is 0.0342. The SMILES string of the molecule is COC(=O)c1ccc(CNC(=O)c2cc(C(=O)NCc3ccc4c(c3)CC(=O)CO4)nc3c(F)cnn23)cc1. The molecule has 2 aromatic carbocycles. The lowest BCUT2D eigenvalue weighted by atomic mass is 10.0. The molecule has 39 heavy (non-hydrogen) atoms. The normalized spacial score (nSPS) is 12.4. The molecule has 2 N–H and O–H groups in total. The fourth-order valence-electron chi connectivity index (χ4n) is 4.08. The van der Waals surface area contributed by atoms with Gasteiger partial charge in [0.1, 0.15) is 23.7 Å². The van der Waals surface area contributed by atoms with Crippen LogP contribution in [0.3, 0.4) is 0 Å². The maximum absolute atomic E-state index is 14.4.